The average Bonchev–Trinajstić information content (AvgIpc) is 3.95. The zero-order valence-corrected chi connectivity index (χ0v) is 25.5. The van der Waals surface area contributed by atoms with Crippen LogP contribution in [0.15, 0.2) is 158 Å². The van der Waals surface area contributed by atoms with Crippen LogP contribution in [-0.4, -0.2) is 49.1 Å². The Hall–Kier alpha value is -6.94. The molecule has 228 valence electrons. The van der Waals surface area contributed by atoms with Crippen molar-refractivity contribution in [3.8, 4) is 23.3 Å². The smallest absolute Gasteiger partial charge is 0.155 e. The molecule has 10 aromatic rings. The zero-order valence-electron chi connectivity index (χ0n) is 25.5. The predicted molar refractivity (Wildman–Crippen MR) is 187 cm³/mol. The van der Waals surface area contributed by atoms with Gasteiger partial charge in [0, 0.05) is 46.3 Å². The summed E-state index contributed by atoms with van der Waals surface area (Å²) in [6, 6.07) is 43.8. The molecule has 6 aromatic heterocycles. The van der Waals surface area contributed by atoms with Crippen LogP contribution in [0.1, 0.15) is 0 Å². The van der Waals surface area contributed by atoms with Gasteiger partial charge in [-0.1, -0.05) is 84.9 Å². The summed E-state index contributed by atoms with van der Waals surface area (Å²) in [4.78, 5) is 9.41. The van der Waals surface area contributed by atoms with Crippen molar-refractivity contribution in [1.29, 1.82) is 0 Å². The molecule has 0 amide bonds. The van der Waals surface area contributed by atoms with Gasteiger partial charge in [-0.25, -0.2) is 28.7 Å². The third kappa shape index (κ3) is 5.13. The van der Waals surface area contributed by atoms with E-state index < -0.39 is 0 Å². The Balaban J connectivity index is 0.000000131. The van der Waals surface area contributed by atoms with Crippen molar-refractivity contribution >= 4 is 43.6 Å². The second-order valence-corrected chi connectivity index (χ2v) is 11.2. The van der Waals surface area contributed by atoms with Crippen molar-refractivity contribution < 1.29 is 0 Å². The third-order valence-electron chi connectivity index (χ3n) is 8.03. The highest BCUT2D eigenvalue weighted by Crippen LogP contribution is 2.19. The van der Waals surface area contributed by atoms with Gasteiger partial charge < -0.3 is 0 Å². The summed E-state index contributed by atoms with van der Waals surface area (Å²) < 4.78 is 7.21. The molecule has 0 saturated carbocycles. The van der Waals surface area contributed by atoms with Crippen molar-refractivity contribution in [1.82, 2.24) is 49.1 Å². The lowest BCUT2D eigenvalue weighted by atomic mass is 10.3. The van der Waals surface area contributed by atoms with E-state index in [1.807, 2.05) is 158 Å². The first kappa shape index (κ1) is 27.4. The molecule has 48 heavy (non-hydrogen) atoms. The molecule has 10 nitrogen and oxygen atoms in total. The van der Waals surface area contributed by atoms with Crippen LogP contribution >= 0.6 is 0 Å². The molecular formula is C38H26N10. The lowest BCUT2D eigenvalue weighted by molar-refractivity contribution is 0.815. The van der Waals surface area contributed by atoms with Gasteiger partial charge in [0.1, 0.15) is 0 Å². The molecule has 0 saturated heterocycles. The maximum absolute atomic E-state index is 4.70. The van der Waals surface area contributed by atoms with Crippen LogP contribution in [0.5, 0.6) is 0 Å². The summed E-state index contributed by atoms with van der Waals surface area (Å²) in [5, 5.41) is 22.7. The Morgan fingerprint density at radius 1 is 0.271 bits per heavy atom. The van der Waals surface area contributed by atoms with Gasteiger partial charge >= 0.3 is 0 Å². The largest absolute Gasteiger partial charge is 0.221 e. The minimum absolute atomic E-state index is 0.767. The summed E-state index contributed by atoms with van der Waals surface area (Å²) in [5.41, 5.74) is 3.81. The van der Waals surface area contributed by atoms with E-state index in [-0.39, 0.29) is 0 Å². The van der Waals surface area contributed by atoms with E-state index in [1.54, 1.807) is 18.7 Å². The standard InChI is InChI=1S/2C19H13N5/c2*1-3-8-16-14(6-1)12-23(21-16)18-10-5-11-19(20-18)24-13-15-7-2-4-9-17(15)22-24/h2*1-13H. The molecule has 10 rings (SSSR count). The molecule has 0 radical (unpaired) electrons. The normalized spacial score (nSPS) is 11.3. The Bertz CT molecular complexity index is 2210. The van der Waals surface area contributed by atoms with E-state index in [1.165, 1.54) is 0 Å². The first-order valence-electron chi connectivity index (χ1n) is 15.5. The fourth-order valence-corrected chi connectivity index (χ4v) is 5.66. The molecular weight excluding hydrogens is 596 g/mol. The molecule has 6 heterocycles. The maximum Gasteiger partial charge on any atom is 0.155 e. The lowest BCUT2D eigenvalue weighted by Gasteiger charge is -2.04. The monoisotopic (exact) mass is 622 g/mol. The van der Waals surface area contributed by atoms with Gasteiger partial charge in [0.2, 0.25) is 0 Å². The van der Waals surface area contributed by atoms with Gasteiger partial charge in [0.25, 0.3) is 0 Å². The lowest BCUT2D eigenvalue weighted by Crippen LogP contribution is -2.03. The summed E-state index contributed by atoms with van der Waals surface area (Å²) in [5.74, 6) is 3.07. The molecule has 0 unspecified atom stereocenters. The highest BCUT2D eigenvalue weighted by Gasteiger charge is 2.09. The van der Waals surface area contributed by atoms with E-state index in [0.29, 0.717) is 0 Å². The molecule has 0 aliphatic carbocycles. The fourth-order valence-electron chi connectivity index (χ4n) is 5.66. The van der Waals surface area contributed by atoms with E-state index in [2.05, 4.69) is 20.4 Å². The van der Waals surface area contributed by atoms with Gasteiger partial charge in [-0.05, 0) is 48.5 Å². The van der Waals surface area contributed by atoms with Gasteiger partial charge in [0.05, 0.1) is 22.1 Å². The summed E-state index contributed by atoms with van der Waals surface area (Å²) in [7, 11) is 0. The Morgan fingerprint density at radius 3 is 0.771 bits per heavy atom. The molecule has 0 spiro atoms. The van der Waals surface area contributed by atoms with E-state index in [0.717, 1.165) is 66.9 Å². The number of aromatic nitrogens is 10. The molecule has 0 N–H and O–H groups in total. The second-order valence-electron chi connectivity index (χ2n) is 11.2. The average molecular weight is 623 g/mol. The summed E-state index contributed by atoms with van der Waals surface area (Å²) >= 11 is 0. The minimum Gasteiger partial charge on any atom is -0.221 e. The first-order chi connectivity index (χ1) is 23.7. The van der Waals surface area contributed by atoms with Crippen molar-refractivity contribution in [2.24, 2.45) is 0 Å². The van der Waals surface area contributed by atoms with Crippen LogP contribution in [0, 0.1) is 0 Å². The summed E-state index contributed by atoms with van der Waals surface area (Å²) in [6.45, 7) is 0. The van der Waals surface area contributed by atoms with Crippen LogP contribution in [-0.2, 0) is 0 Å². The highest BCUT2D eigenvalue weighted by molar-refractivity contribution is 5.80. The van der Waals surface area contributed by atoms with Gasteiger partial charge in [-0.15, -0.1) is 0 Å². The predicted octanol–water partition coefficient (Wildman–Crippen LogP) is 7.52. The van der Waals surface area contributed by atoms with Crippen LogP contribution in [0.4, 0.5) is 0 Å². The summed E-state index contributed by atoms with van der Waals surface area (Å²) in [6.07, 6.45) is 7.95. The van der Waals surface area contributed by atoms with Crippen LogP contribution in [0.3, 0.4) is 0 Å². The number of hydrogen-bond donors (Lipinski definition) is 0. The first-order valence-corrected chi connectivity index (χ1v) is 15.5. The van der Waals surface area contributed by atoms with Crippen LogP contribution in [0.25, 0.3) is 66.9 Å². The zero-order chi connectivity index (χ0) is 31.9. The fraction of sp³-hybridized carbons (Fsp3) is 0. The van der Waals surface area contributed by atoms with Crippen molar-refractivity contribution in [2.75, 3.05) is 0 Å². The number of nitrogens with zero attached hydrogens (tertiary/aromatic N) is 10. The highest BCUT2D eigenvalue weighted by atomic mass is 15.4. The quantitative estimate of drug-likeness (QED) is 0.201. The number of hydrogen-bond acceptors (Lipinski definition) is 6. The second kappa shape index (κ2) is 11.5. The van der Waals surface area contributed by atoms with E-state index >= 15 is 0 Å². The Labute approximate surface area is 273 Å². The van der Waals surface area contributed by atoms with Crippen LogP contribution < -0.4 is 0 Å². The van der Waals surface area contributed by atoms with Crippen molar-refractivity contribution in [3.05, 3.63) is 158 Å². The van der Waals surface area contributed by atoms with Crippen molar-refractivity contribution in [3.63, 3.8) is 0 Å². The molecule has 0 aliphatic rings. The van der Waals surface area contributed by atoms with Crippen LogP contribution in [0.2, 0.25) is 0 Å². The Kier molecular flexibility index (Phi) is 6.53. The van der Waals surface area contributed by atoms with E-state index in [4.69, 9.17) is 9.97 Å². The van der Waals surface area contributed by atoms with Crippen molar-refractivity contribution in [2.45, 2.75) is 0 Å². The number of benzene rings is 4. The number of rotatable bonds is 4. The molecule has 0 aliphatic heterocycles. The molecule has 0 bridgehead atoms. The molecule has 4 aromatic carbocycles. The molecule has 0 fully saturated rings. The van der Waals surface area contributed by atoms with Gasteiger partial charge in [-0.3, -0.25) is 0 Å². The SMILES string of the molecule is c1cc(-n2cc3ccccc3n2)nc(-n2cc3ccccc3n2)c1.c1cc(-n2cc3ccccc3n2)nc(-n2cc3ccccc3n2)c1. The van der Waals surface area contributed by atoms with Gasteiger partial charge in [-0.2, -0.15) is 20.4 Å². The molecule has 10 heteroatoms. The Morgan fingerprint density at radius 2 is 0.521 bits per heavy atom. The number of pyridine rings is 2. The topological polar surface area (TPSA) is 97.1 Å². The van der Waals surface area contributed by atoms with E-state index in [9.17, 15) is 0 Å². The minimum atomic E-state index is 0.767. The number of fused-ring (bicyclic) bond motifs is 4. The molecule has 0 atom stereocenters. The van der Waals surface area contributed by atoms with Gasteiger partial charge in [0.15, 0.2) is 23.3 Å². The third-order valence-corrected chi connectivity index (χ3v) is 8.03. The maximum atomic E-state index is 4.70.